The highest BCUT2D eigenvalue weighted by atomic mass is 16.1. The van der Waals surface area contributed by atoms with E-state index < -0.39 is 0 Å². The fourth-order valence-corrected chi connectivity index (χ4v) is 2.10. The van der Waals surface area contributed by atoms with Crippen molar-refractivity contribution in [3.63, 3.8) is 0 Å². The summed E-state index contributed by atoms with van der Waals surface area (Å²) >= 11 is 0. The lowest BCUT2D eigenvalue weighted by molar-refractivity contribution is 0.102. The van der Waals surface area contributed by atoms with Crippen LogP contribution < -0.4 is 5.32 Å². The number of aromatic amines is 1. The number of nitrogens with one attached hydrogen (secondary N) is 2. The number of hydrogen-bond acceptors (Lipinski definition) is 2. The van der Waals surface area contributed by atoms with Crippen molar-refractivity contribution >= 4 is 22.5 Å². The average molecular weight is 265 g/mol. The molecule has 1 amide bonds. The summed E-state index contributed by atoms with van der Waals surface area (Å²) in [4.78, 5) is 12.2. The summed E-state index contributed by atoms with van der Waals surface area (Å²) in [6, 6.07) is 11.4. The van der Waals surface area contributed by atoms with Crippen LogP contribution in [0.15, 0.2) is 42.6 Å². The minimum absolute atomic E-state index is 0.105. The van der Waals surface area contributed by atoms with Crippen LogP contribution in [0.1, 0.15) is 21.5 Å². The smallest absolute Gasteiger partial charge is 0.255 e. The van der Waals surface area contributed by atoms with Crippen molar-refractivity contribution in [3.05, 3.63) is 59.3 Å². The van der Waals surface area contributed by atoms with E-state index in [0.29, 0.717) is 5.56 Å². The van der Waals surface area contributed by atoms with Gasteiger partial charge in [0.25, 0.3) is 5.91 Å². The maximum atomic E-state index is 12.2. The lowest BCUT2D eigenvalue weighted by Crippen LogP contribution is -2.12. The molecule has 0 aliphatic rings. The maximum absolute atomic E-state index is 12.2. The van der Waals surface area contributed by atoms with Gasteiger partial charge in [-0.25, -0.2) is 0 Å². The van der Waals surface area contributed by atoms with E-state index in [-0.39, 0.29) is 5.91 Å². The predicted octanol–water partition coefficient (Wildman–Crippen LogP) is 3.43. The van der Waals surface area contributed by atoms with Crippen molar-refractivity contribution in [2.75, 3.05) is 5.32 Å². The van der Waals surface area contributed by atoms with E-state index in [4.69, 9.17) is 0 Å². The molecule has 0 radical (unpaired) electrons. The average Bonchev–Trinajstić information content (AvgIpc) is 2.89. The van der Waals surface area contributed by atoms with Gasteiger partial charge >= 0.3 is 0 Å². The van der Waals surface area contributed by atoms with Crippen LogP contribution >= 0.6 is 0 Å². The SMILES string of the molecule is Cc1ccc(C(=O)Nc2ccc3cn[nH]c3c2)cc1C. The molecular weight excluding hydrogens is 250 g/mol. The summed E-state index contributed by atoms with van der Waals surface area (Å²) in [5.74, 6) is -0.105. The normalized spacial score (nSPS) is 10.7. The summed E-state index contributed by atoms with van der Waals surface area (Å²) < 4.78 is 0. The van der Waals surface area contributed by atoms with Crippen LogP contribution in [0, 0.1) is 13.8 Å². The molecule has 4 heteroatoms. The molecule has 0 spiro atoms. The van der Waals surface area contributed by atoms with Gasteiger partial charge < -0.3 is 5.32 Å². The van der Waals surface area contributed by atoms with Crippen LogP contribution in [0.5, 0.6) is 0 Å². The topological polar surface area (TPSA) is 57.8 Å². The lowest BCUT2D eigenvalue weighted by atomic mass is 10.1. The highest BCUT2D eigenvalue weighted by molar-refractivity contribution is 6.05. The summed E-state index contributed by atoms with van der Waals surface area (Å²) in [6.07, 6.45) is 1.75. The summed E-state index contributed by atoms with van der Waals surface area (Å²) in [7, 11) is 0. The number of hydrogen-bond donors (Lipinski definition) is 2. The van der Waals surface area contributed by atoms with Gasteiger partial charge in [0.05, 0.1) is 11.7 Å². The minimum atomic E-state index is -0.105. The number of carbonyl (C=O) groups excluding carboxylic acids is 1. The summed E-state index contributed by atoms with van der Waals surface area (Å²) in [6.45, 7) is 4.03. The Morgan fingerprint density at radius 3 is 2.75 bits per heavy atom. The van der Waals surface area contributed by atoms with Gasteiger partial charge in [0.15, 0.2) is 0 Å². The second kappa shape index (κ2) is 4.81. The number of H-pyrrole nitrogens is 1. The van der Waals surface area contributed by atoms with Crippen molar-refractivity contribution in [1.29, 1.82) is 0 Å². The van der Waals surface area contributed by atoms with E-state index in [1.165, 1.54) is 5.56 Å². The number of fused-ring (bicyclic) bond motifs is 1. The van der Waals surface area contributed by atoms with Crippen molar-refractivity contribution in [2.24, 2.45) is 0 Å². The molecule has 0 aliphatic carbocycles. The summed E-state index contributed by atoms with van der Waals surface area (Å²) in [5.41, 5.74) is 4.62. The Labute approximate surface area is 116 Å². The van der Waals surface area contributed by atoms with Crippen molar-refractivity contribution in [2.45, 2.75) is 13.8 Å². The molecule has 0 bridgehead atoms. The number of carbonyl (C=O) groups is 1. The van der Waals surface area contributed by atoms with E-state index >= 15 is 0 Å². The Balaban J connectivity index is 1.85. The molecule has 1 heterocycles. The second-order valence-electron chi connectivity index (χ2n) is 4.93. The van der Waals surface area contributed by atoms with Gasteiger partial charge in [-0.15, -0.1) is 0 Å². The largest absolute Gasteiger partial charge is 0.322 e. The number of amides is 1. The Kier molecular flexibility index (Phi) is 2.99. The fourth-order valence-electron chi connectivity index (χ4n) is 2.10. The molecule has 20 heavy (non-hydrogen) atoms. The van der Waals surface area contributed by atoms with Crippen LogP contribution in [0.4, 0.5) is 5.69 Å². The van der Waals surface area contributed by atoms with E-state index in [1.807, 2.05) is 50.2 Å². The molecule has 3 aromatic rings. The first kappa shape index (κ1) is 12.4. The third-order valence-electron chi connectivity index (χ3n) is 3.47. The number of nitrogens with zero attached hydrogens (tertiary/aromatic N) is 1. The molecule has 0 saturated heterocycles. The van der Waals surface area contributed by atoms with Crippen LogP contribution in [-0.2, 0) is 0 Å². The molecule has 2 N–H and O–H groups in total. The number of aromatic nitrogens is 2. The second-order valence-corrected chi connectivity index (χ2v) is 4.93. The molecule has 0 fully saturated rings. The zero-order chi connectivity index (χ0) is 14.1. The lowest BCUT2D eigenvalue weighted by Gasteiger charge is -2.07. The van der Waals surface area contributed by atoms with E-state index in [2.05, 4.69) is 15.5 Å². The number of rotatable bonds is 2. The van der Waals surface area contributed by atoms with Gasteiger partial charge in [-0.1, -0.05) is 6.07 Å². The van der Waals surface area contributed by atoms with Crippen molar-refractivity contribution < 1.29 is 4.79 Å². The monoisotopic (exact) mass is 265 g/mol. The third-order valence-corrected chi connectivity index (χ3v) is 3.47. The van der Waals surface area contributed by atoms with Crippen LogP contribution in [0.2, 0.25) is 0 Å². The first-order valence-corrected chi connectivity index (χ1v) is 6.45. The predicted molar refractivity (Wildman–Crippen MR) is 80.0 cm³/mol. The van der Waals surface area contributed by atoms with Crippen LogP contribution in [0.25, 0.3) is 10.9 Å². The van der Waals surface area contributed by atoms with Gasteiger partial charge in [-0.05, 0) is 55.3 Å². The van der Waals surface area contributed by atoms with Crippen LogP contribution in [-0.4, -0.2) is 16.1 Å². The molecule has 0 saturated carbocycles. The van der Waals surface area contributed by atoms with Gasteiger partial charge in [0, 0.05) is 16.6 Å². The molecule has 0 atom stereocenters. The molecular formula is C16H15N3O. The molecule has 0 aliphatic heterocycles. The quantitative estimate of drug-likeness (QED) is 0.745. The van der Waals surface area contributed by atoms with Gasteiger partial charge in [-0.2, -0.15) is 5.10 Å². The first-order chi connectivity index (χ1) is 9.63. The van der Waals surface area contributed by atoms with Crippen molar-refractivity contribution in [3.8, 4) is 0 Å². The standard InChI is InChI=1S/C16H15N3O/c1-10-3-4-12(7-11(10)2)16(20)18-14-6-5-13-9-17-19-15(13)8-14/h3-9H,1-2H3,(H,17,19)(H,18,20). The molecule has 4 nitrogen and oxygen atoms in total. The minimum Gasteiger partial charge on any atom is -0.322 e. The molecule has 2 aromatic carbocycles. The fraction of sp³-hybridized carbons (Fsp3) is 0.125. The Hall–Kier alpha value is -2.62. The Bertz CT molecular complexity index is 789. The van der Waals surface area contributed by atoms with Crippen LogP contribution in [0.3, 0.4) is 0 Å². The highest BCUT2D eigenvalue weighted by Crippen LogP contribution is 2.18. The van der Waals surface area contributed by atoms with Gasteiger partial charge in [0.2, 0.25) is 0 Å². The van der Waals surface area contributed by atoms with E-state index in [1.54, 1.807) is 6.20 Å². The van der Waals surface area contributed by atoms with Gasteiger partial charge in [-0.3, -0.25) is 9.89 Å². The Morgan fingerprint density at radius 2 is 1.95 bits per heavy atom. The third kappa shape index (κ3) is 2.28. The Morgan fingerprint density at radius 1 is 1.10 bits per heavy atom. The zero-order valence-corrected chi connectivity index (χ0v) is 11.4. The number of benzene rings is 2. The molecule has 3 rings (SSSR count). The first-order valence-electron chi connectivity index (χ1n) is 6.45. The number of anilines is 1. The number of aryl methyl sites for hydroxylation is 2. The summed E-state index contributed by atoms with van der Waals surface area (Å²) in [5, 5.41) is 10.8. The molecule has 100 valence electrons. The molecule has 0 unspecified atom stereocenters. The van der Waals surface area contributed by atoms with Gasteiger partial charge in [0.1, 0.15) is 0 Å². The maximum Gasteiger partial charge on any atom is 0.255 e. The molecule has 1 aromatic heterocycles. The highest BCUT2D eigenvalue weighted by Gasteiger charge is 2.07. The zero-order valence-electron chi connectivity index (χ0n) is 11.4. The van der Waals surface area contributed by atoms with E-state index in [9.17, 15) is 4.79 Å². The van der Waals surface area contributed by atoms with E-state index in [0.717, 1.165) is 22.2 Å². The van der Waals surface area contributed by atoms with Crippen molar-refractivity contribution in [1.82, 2.24) is 10.2 Å².